The first-order valence-corrected chi connectivity index (χ1v) is 10.8. The molecule has 0 N–H and O–H groups in total. The number of carbonyl (C=O) groups is 2. The van der Waals surface area contributed by atoms with E-state index in [-0.39, 0.29) is 35.0 Å². The fourth-order valence-corrected chi connectivity index (χ4v) is 7.31. The van der Waals surface area contributed by atoms with Crippen molar-refractivity contribution in [3.8, 4) is 0 Å². The van der Waals surface area contributed by atoms with Crippen molar-refractivity contribution >= 4 is 11.9 Å². The number of hydrogen-bond donors (Lipinski definition) is 0. The van der Waals surface area contributed by atoms with Crippen LogP contribution in [0.4, 0.5) is 0 Å². The average molecular weight is 375 g/mol. The Morgan fingerprint density at radius 2 is 1.70 bits per heavy atom. The van der Waals surface area contributed by atoms with Crippen molar-refractivity contribution in [3.63, 3.8) is 0 Å². The molecule has 0 aliphatic heterocycles. The minimum absolute atomic E-state index is 0.0621. The summed E-state index contributed by atoms with van der Waals surface area (Å²) in [7, 11) is 0. The molecule has 4 aliphatic rings. The van der Waals surface area contributed by atoms with Gasteiger partial charge in [0.2, 0.25) is 0 Å². The van der Waals surface area contributed by atoms with E-state index in [2.05, 4.69) is 19.9 Å². The Morgan fingerprint density at radius 3 is 2.41 bits per heavy atom. The number of allylic oxidation sites excluding steroid dienone is 1. The lowest BCUT2D eigenvalue weighted by Gasteiger charge is -2.57. The summed E-state index contributed by atoms with van der Waals surface area (Å²) < 4.78 is 11.3. The molecule has 0 amide bonds. The van der Waals surface area contributed by atoms with Gasteiger partial charge in [0, 0.05) is 25.7 Å². The van der Waals surface area contributed by atoms with Crippen LogP contribution in [0, 0.1) is 28.6 Å². The van der Waals surface area contributed by atoms with Crippen molar-refractivity contribution in [1.82, 2.24) is 0 Å². The van der Waals surface area contributed by atoms with Crippen LogP contribution >= 0.6 is 0 Å². The first-order chi connectivity index (χ1) is 12.7. The normalized spacial score (nSPS) is 45.8. The number of esters is 2. The number of rotatable bonds is 2. The molecule has 0 saturated heterocycles. The van der Waals surface area contributed by atoms with Crippen molar-refractivity contribution in [1.29, 1.82) is 0 Å². The van der Waals surface area contributed by atoms with Crippen LogP contribution in [0.15, 0.2) is 11.6 Å². The molecule has 0 radical (unpaired) electrons. The molecular weight excluding hydrogens is 340 g/mol. The predicted octanol–water partition coefficient (Wildman–Crippen LogP) is 4.81. The first kappa shape index (κ1) is 19.0. The van der Waals surface area contributed by atoms with Crippen molar-refractivity contribution in [3.05, 3.63) is 11.6 Å². The summed E-state index contributed by atoms with van der Waals surface area (Å²) in [5.41, 5.74) is 1.92. The molecule has 27 heavy (non-hydrogen) atoms. The van der Waals surface area contributed by atoms with Gasteiger partial charge in [-0.2, -0.15) is 0 Å². The zero-order chi connectivity index (χ0) is 19.4. The Bertz CT molecular complexity index is 667. The molecule has 0 aromatic carbocycles. The summed E-state index contributed by atoms with van der Waals surface area (Å²) in [6.07, 6.45) is 11.4. The molecule has 0 bridgehead atoms. The Balaban J connectivity index is 1.55. The maximum absolute atomic E-state index is 11.6. The van der Waals surface area contributed by atoms with E-state index in [9.17, 15) is 9.59 Å². The molecule has 0 aromatic heterocycles. The van der Waals surface area contributed by atoms with E-state index < -0.39 is 0 Å². The van der Waals surface area contributed by atoms with E-state index >= 15 is 0 Å². The van der Waals surface area contributed by atoms with Crippen molar-refractivity contribution in [2.75, 3.05) is 0 Å². The highest BCUT2D eigenvalue weighted by atomic mass is 16.5. The number of hydrogen-bond acceptors (Lipinski definition) is 4. The van der Waals surface area contributed by atoms with Gasteiger partial charge in [0.15, 0.2) is 0 Å². The fourth-order valence-electron chi connectivity index (χ4n) is 7.31. The lowest BCUT2D eigenvalue weighted by atomic mass is 9.48. The second-order valence-corrected chi connectivity index (χ2v) is 9.95. The minimum Gasteiger partial charge on any atom is -0.462 e. The topological polar surface area (TPSA) is 52.6 Å². The third kappa shape index (κ3) is 3.03. The summed E-state index contributed by atoms with van der Waals surface area (Å²) in [4.78, 5) is 22.9. The maximum atomic E-state index is 11.6. The van der Waals surface area contributed by atoms with Gasteiger partial charge >= 0.3 is 11.9 Å². The van der Waals surface area contributed by atoms with E-state index in [1.165, 1.54) is 25.3 Å². The van der Waals surface area contributed by atoms with Gasteiger partial charge in [-0.3, -0.25) is 9.59 Å². The highest BCUT2D eigenvalue weighted by molar-refractivity contribution is 5.66. The fraction of sp³-hybridized carbons (Fsp3) is 0.826. The smallest absolute Gasteiger partial charge is 0.302 e. The molecule has 0 heterocycles. The van der Waals surface area contributed by atoms with Gasteiger partial charge in [-0.25, -0.2) is 0 Å². The van der Waals surface area contributed by atoms with Crippen molar-refractivity contribution in [2.45, 2.75) is 91.3 Å². The Morgan fingerprint density at radius 1 is 0.963 bits per heavy atom. The first-order valence-electron chi connectivity index (χ1n) is 10.8. The van der Waals surface area contributed by atoms with E-state index in [1.807, 2.05) is 0 Å². The molecule has 7 atom stereocenters. The van der Waals surface area contributed by atoms with Crippen LogP contribution in [0.2, 0.25) is 0 Å². The molecule has 0 spiro atoms. The van der Waals surface area contributed by atoms with Crippen LogP contribution in [0.3, 0.4) is 0 Å². The van der Waals surface area contributed by atoms with Gasteiger partial charge < -0.3 is 9.47 Å². The lowest BCUT2D eigenvalue weighted by molar-refractivity contribution is -0.157. The van der Waals surface area contributed by atoms with E-state index in [1.54, 1.807) is 6.92 Å². The Hall–Kier alpha value is -1.32. The standard InChI is InChI=1S/C23H34O4/c1-14(24)26-17-9-11-22(3)16(13-17)5-6-18-19-7-8-21(27-15(2)25)23(19,4)12-10-20(18)22/h5,17-21H,6-13H2,1-4H3/t17-,18?,19?,20?,21?,22?,23?/m0/s1. The molecule has 3 saturated carbocycles. The molecule has 0 aromatic rings. The molecule has 4 heteroatoms. The third-order valence-corrected chi connectivity index (χ3v) is 8.61. The SMILES string of the molecule is CC(=O)OC1CCC2C3CC=C4C[C@@H](OC(C)=O)CCC4(C)C3CCC12C. The highest BCUT2D eigenvalue weighted by Crippen LogP contribution is 2.65. The number of fused-ring (bicyclic) bond motifs is 5. The van der Waals surface area contributed by atoms with E-state index in [4.69, 9.17) is 9.47 Å². The summed E-state index contributed by atoms with van der Waals surface area (Å²) in [5.74, 6) is 1.77. The van der Waals surface area contributed by atoms with Crippen molar-refractivity contribution < 1.29 is 19.1 Å². The van der Waals surface area contributed by atoms with Gasteiger partial charge in [0.1, 0.15) is 12.2 Å². The van der Waals surface area contributed by atoms with E-state index in [0.717, 1.165) is 38.5 Å². The highest BCUT2D eigenvalue weighted by Gasteiger charge is 2.59. The lowest BCUT2D eigenvalue weighted by Crippen LogP contribution is -2.51. The average Bonchev–Trinajstić information content (AvgIpc) is 2.91. The summed E-state index contributed by atoms with van der Waals surface area (Å²) in [6.45, 7) is 7.88. The molecule has 4 aliphatic carbocycles. The number of ether oxygens (including phenoxy) is 2. The van der Waals surface area contributed by atoms with Crippen LogP contribution < -0.4 is 0 Å². The summed E-state index contributed by atoms with van der Waals surface area (Å²) in [6, 6.07) is 0. The van der Waals surface area contributed by atoms with Crippen LogP contribution in [0.25, 0.3) is 0 Å². The zero-order valence-electron chi connectivity index (χ0n) is 17.3. The van der Waals surface area contributed by atoms with Crippen LogP contribution in [-0.2, 0) is 19.1 Å². The third-order valence-electron chi connectivity index (χ3n) is 8.61. The van der Waals surface area contributed by atoms with Crippen LogP contribution in [0.5, 0.6) is 0 Å². The maximum Gasteiger partial charge on any atom is 0.302 e. The molecular formula is C23H34O4. The molecule has 6 unspecified atom stereocenters. The Kier molecular flexibility index (Phi) is 4.67. The Labute approximate surface area is 163 Å². The second-order valence-electron chi connectivity index (χ2n) is 9.95. The largest absolute Gasteiger partial charge is 0.462 e. The summed E-state index contributed by atoms with van der Waals surface area (Å²) in [5, 5.41) is 0. The van der Waals surface area contributed by atoms with Gasteiger partial charge in [-0.05, 0) is 68.1 Å². The van der Waals surface area contributed by atoms with Gasteiger partial charge in [0.25, 0.3) is 0 Å². The monoisotopic (exact) mass is 374 g/mol. The summed E-state index contributed by atoms with van der Waals surface area (Å²) >= 11 is 0. The molecule has 4 nitrogen and oxygen atoms in total. The molecule has 150 valence electrons. The van der Waals surface area contributed by atoms with E-state index in [0.29, 0.717) is 17.8 Å². The zero-order valence-corrected chi connectivity index (χ0v) is 17.3. The predicted molar refractivity (Wildman–Crippen MR) is 103 cm³/mol. The van der Waals surface area contributed by atoms with Crippen LogP contribution in [-0.4, -0.2) is 24.1 Å². The second kappa shape index (κ2) is 6.63. The minimum atomic E-state index is -0.159. The quantitative estimate of drug-likeness (QED) is 0.514. The van der Waals surface area contributed by atoms with Gasteiger partial charge in [-0.15, -0.1) is 0 Å². The van der Waals surface area contributed by atoms with Gasteiger partial charge in [0.05, 0.1) is 0 Å². The molecule has 3 fully saturated rings. The van der Waals surface area contributed by atoms with Crippen molar-refractivity contribution in [2.24, 2.45) is 28.6 Å². The van der Waals surface area contributed by atoms with Gasteiger partial charge in [-0.1, -0.05) is 25.5 Å². The van der Waals surface area contributed by atoms with Crippen LogP contribution in [0.1, 0.15) is 79.1 Å². The molecule has 4 rings (SSSR count). The number of carbonyl (C=O) groups excluding carboxylic acids is 2.